The molecule has 0 spiro atoms. The summed E-state index contributed by atoms with van der Waals surface area (Å²) >= 11 is 0. The van der Waals surface area contributed by atoms with Gasteiger partial charge < -0.3 is 15.8 Å². The Kier molecular flexibility index (Phi) is 4.55. The van der Waals surface area contributed by atoms with Gasteiger partial charge in [-0.2, -0.15) is 0 Å². The number of nitrogens with one attached hydrogen (secondary N) is 1. The normalized spacial score (nSPS) is 10.1. The summed E-state index contributed by atoms with van der Waals surface area (Å²) in [6, 6.07) is 10.7. The number of benzene rings is 1. The van der Waals surface area contributed by atoms with Crippen LogP contribution >= 0.6 is 0 Å². The number of hydrogen-bond acceptors (Lipinski definition) is 4. The molecule has 1 heterocycles. The smallest absolute Gasteiger partial charge is 0.251 e. The van der Waals surface area contributed by atoms with E-state index in [1.54, 1.807) is 24.4 Å². The lowest BCUT2D eigenvalue weighted by Crippen LogP contribution is -2.25. The largest absolute Gasteiger partial charge is 0.495 e. The highest BCUT2D eigenvalue weighted by molar-refractivity contribution is 5.95. The number of amides is 1. The summed E-state index contributed by atoms with van der Waals surface area (Å²) in [6.45, 7) is 0.530. The molecule has 1 aromatic carbocycles. The van der Waals surface area contributed by atoms with Gasteiger partial charge in [-0.3, -0.25) is 9.78 Å². The van der Waals surface area contributed by atoms with Crippen LogP contribution in [0.25, 0.3) is 0 Å². The summed E-state index contributed by atoms with van der Waals surface area (Å²) in [5, 5.41) is 2.84. The van der Waals surface area contributed by atoms with Crippen molar-refractivity contribution in [2.24, 2.45) is 0 Å². The van der Waals surface area contributed by atoms with Gasteiger partial charge in [-0.25, -0.2) is 0 Å². The number of nitrogen functional groups attached to an aromatic ring is 1. The molecule has 0 atom stereocenters. The fourth-order valence-corrected chi connectivity index (χ4v) is 1.80. The lowest BCUT2D eigenvalue weighted by atomic mass is 10.1. The lowest BCUT2D eigenvalue weighted by Gasteiger charge is -2.08. The van der Waals surface area contributed by atoms with Crippen molar-refractivity contribution in [2.45, 2.75) is 6.42 Å². The molecule has 0 saturated heterocycles. The number of carbonyl (C=O) groups excluding carboxylic acids is 1. The summed E-state index contributed by atoms with van der Waals surface area (Å²) in [5.41, 5.74) is 7.69. The lowest BCUT2D eigenvalue weighted by molar-refractivity contribution is 0.0954. The summed E-state index contributed by atoms with van der Waals surface area (Å²) < 4.78 is 5.09. The van der Waals surface area contributed by atoms with E-state index in [0.29, 0.717) is 30.0 Å². The van der Waals surface area contributed by atoms with Crippen molar-refractivity contribution in [1.82, 2.24) is 10.3 Å². The first-order chi connectivity index (χ1) is 9.70. The highest BCUT2D eigenvalue weighted by atomic mass is 16.5. The molecule has 3 N–H and O–H groups in total. The van der Waals surface area contributed by atoms with E-state index in [1.807, 2.05) is 18.2 Å². The number of methoxy groups -OCH3 is 1. The van der Waals surface area contributed by atoms with Crippen LogP contribution < -0.4 is 15.8 Å². The zero-order valence-corrected chi connectivity index (χ0v) is 11.3. The second kappa shape index (κ2) is 6.56. The van der Waals surface area contributed by atoms with E-state index < -0.39 is 0 Å². The number of rotatable bonds is 5. The molecule has 5 heteroatoms. The van der Waals surface area contributed by atoms with Crippen LogP contribution in [0.4, 0.5) is 5.69 Å². The molecule has 1 aromatic heterocycles. The van der Waals surface area contributed by atoms with E-state index in [-0.39, 0.29) is 5.91 Å². The molecular weight excluding hydrogens is 254 g/mol. The third-order valence-corrected chi connectivity index (χ3v) is 2.89. The molecule has 20 heavy (non-hydrogen) atoms. The predicted molar refractivity (Wildman–Crippen MR) is 77.7 cm³/mol. The quantitative estimate of drug-likeness (QED) is 0.810. The Morgan fingerprint density at radius 1 is 1.35 bits per heavy atom. The van der Waals surface area contributed by atoms with Gasteiger partial charge in [-0.1, -0.05) is 6.07 Å². The summed E-state index contributed by atoms with van der Waals surface area (Å²) in [5.74, 6) is 0.349. The maximum absolute atomic E-state index is 12.0. The Morgan fingerprint density at radius 2 is 2.20 bits per heavy atom. The van der Waals surface area contributed by atoms with Crippen LogP contribution in [0.5, 0.6) is 5.75 Å². The van der Waals surface area contributed by atoms with Crippen molar-refractivity contribution in [3.05, 3.63) is 53.9 Å². The summed E-state index contributed by atoms with van der Waals surface area (Å²) in [7, 11) is 1.52. The predicted octanol–water partition coefficient (Wildman–Crippen LogP) is 1.64. The average molecular weight is 271 g/mol. The van der Waals surface area contributed by atoms with Crippen LogP contribution in [-0.2, 0) is 6.42 Å². The molecule has 0 bridgehead atoms. The van der Waals surface area contributed by atoms with E-state index >= 15 is 0 Å². The molecule has 0 saturated carbocycles. The standard InChI is InChI=1S/C15H17N3O2/c1-20-14-10-11(5-6-13(14)16)15(19)18-9-7-12-4-2-3-8-17-12/h2-6,8,10H,7,9,16H2,1H3,(H,18,19). The monoisotopic (exact) mass is 271 g/mol. The summed E-state index contributed by atoms with van der Waals surface area (Å²) in [6.07, 6.45) is 2.43. The zero-order chi connectivity index (χ0) is 14.4. The molecule has 0 fully saturated rings. The van der Waals surface area contributed by atoms with E-state index in [1.165, 1.54) is 7.11 Å². The van der Waals surface area contributed by atoms with Gasteiger partial charge in [-0.05, 0) is 30.3 Å². The van der Waals surface area contributed by atoms with Gasteiger partial charge in [0, 0.05) is 30.4 Å². The number of nitrogens with zero attached hydrogens (tertiary/aromatic N) is 1. The third kappa shape index (κ3) is 3.47. The fraction of sp³-hybridized carbons (Fsp3) is 0.200. The second-order valence-corrected chi connectivity index (χ2v) is 4.28. The van der Waals surface area contributed by atoms with Crippen molar-refractivity contribution < 1.29 is 9.53 Å². The van der Waals surface area contributed by atoms with Crippen LogP contribution in [0.15, 0.2) is 42.6 Å². The molecule has 0 radical (unpaired) electrons. The molecule has 2 rings (SSSR count). The first-order valence-corrected chi connectivity index (χ1v) is 6.32. The second-order valence-electron chi connectivity index (χ2n) is 4.28. The Labute approximate surface area is 117 Å². The number of nitrogens with two attached hydrogens (primary N) is 1. The SMILES string of the molecule is COc1cc(C(=O)NCCc2ccccn2)ccc1N. The molecule has 5 nitrogen and oxygen atoms in total. The molecule has 0 aliphatic rings. The van der Waals surface area contributed by atoms with E-state index in [9.17, 15) is 4.79 Å². The van der Waals surface area contributed by atoms with Crippen LogP contribution in [-0.4, -0.2) is 24.5 Å². The van der Waals surface area contributed by atoms with Crippen molar-refractivity contribution >= 4 is 11.6 Å². The van der Waals surface area contributed by atoms with E-state index in [0.717, 1.165) is 5.69 Å². The van der Waals surface area contributed by atoms with Crippen LogP contribution in [0.3, 0.4) is 0 Å². The molecular formula is C15H17N3O2. The number of aromatic nitrogens is 1. The highest BCUT2D eigenvalue weighted by Crippen LogP contribution is 2.21. The van der Waals surface area contributed by atoms with Crippen LogP contribution in [0.2, 0.25) is 0 Å². The Hall–Kier alpha value is -2.56. The average Bonchev–Trinajstić information content (AvgIpc) is 2.48. The minimum atomic E-state index is -0.153. The minimum absolute atomic E-state index is 0.153. The Balaban J connectivity index is 1.92. The van der Waals surface area contributed by atoms with Gasteiger partial charge in [0.05, 0.1) is 12.8 Å². The van der Waals surface area contributed by atoms with E-state index in [4.69, 9.17) is 10.5 Å². The molecule has 104 valence electrons. The van der Waals surface area contributed by atoms with Crippen LogP contribution in [0, 0.1) is 0 Å². The van der Waals surface area contributed by atoms with Gasteiger partial charge in [0.15, 0.2) is 0 Å². The Bertz CT molecular complexity index is 585. The number of carbonyl (C=O) groups is 1. The first-order valence-electron chi connectivity index (χ1n) is 6.32. The van der Waals surface area contributed by atoms with Gasteiger partial charge in [0.2, 0.25) is 0 Å². The number of anilines is 1. The van der Waals surface area contributed by atoms with Gasteiger partial charge in [0.25, 0.3) is 5.91 Å². The first kappa shape index (κ1) is 13.9. The Morgan fingerprint density at radius 3 is 2.90 bits per heavy atom. The maximum atomic E-state index is 12.0. The van der Waals surface area contributed by atoms with Gasteiger partial charge in [-0.15, -0.1) is 0 Å². The third-order valence-electron chi connectivity index (χ3n) is 2.89. The van der Waals surface area contributed by atoms with Gasteiger partial charge in [0.1, 0.15) is 5.75 Å². The number of pyridine rings is 1. The molecule has 0 aliphatic heterocycles. The minimum Gasteiger partial charge on any atom is -0.495 e. The highest BCUT2D eigenvalue weighted by Gasteiger charge is 2.08. The molecule has 0 unspecified atom stereocenters. The number of ether oxygens (including phenoxy) is 1. The number of hydrogen-bond donors (Lipinski definition) is 2. The van der Waals surface area contributed by atoms with Crippen molar-refractivity contribution in [3.63, 3.8) is 0 Å². The molecule has 0 aliphatic carbocycles. The van der Waals surface area contributed by atoms with Crippen molar-refractivity contribution in [2.75, 3.05) is 19.4 Å². The van der Waals surface area contributed by atoms with Gasteiger partial charge >= 0.3 is 0 Å². The fourth-order valence-electron chi connectivity index (χ4n) is 1.80. The topological polar surface area (TPSA) is 77.2 Å². The van der Waals surface area contributed by atoms with E-state index in [2.05, 4.69) is 10.3 Å². The summed E-state index contributed by atoms with van der Waals surface area (Å²) in [4.78, 5) is 16.2. The molecule has 1 amide bonds. The zero-order valence-electron chi connectivity index (χ0n) is 11.3. The molecule has 2 aromatic rings. The van der Waals surface area contributed by atoms with Crippen LogP contribution in [0.1, 0.15) is 16.1 Å². The van der Waals surface area contributed by atoms with Crippen molar-refractivity contribution in [3.8, 4) is 5.75 Å². The van der Waals surface area contributed by atoms with Crippen molar-refractivity contribution in [1.29, 1.82) is 0 Å². The maximum Gasteiger partial charge on any atom is 0.251 e.